The van der Waals surface area contributed by atoms with E-state index in [9.17, 15) is 9.59 Å². The standard InChI is InChI=1S/C18H34N6O3.HI/c1-21(2)16(25)14-20-18(19-6-13-27-3)24-11-9-22(10-12-24)15-17(26)23-7-4-5-8-23;/h4-15H2,1-3H3,(H,19,20);1H. The summed E-state index contributed by atoms with van der Waals surface area (Å²) in [5.41, 5.74) is 0. The minimum absolute atomic E-state index is 0. The van der Waals surface area contributed by atoms with Gasteiger partial charge in [-0.05, 0) is 12.8 Å². The van der Waals surface area contributed by atoms with Crippen LogP contribution in [-0.4, -0.2) is 124 Å². The highest BCUT2D eigenvalue weighted by Gasteiger charge is 2.24. The molecule has 2 amide bonds. The summed E-state index contributed by atoms with van der Waals surface area (Å²) in [4.78, 5) is 36.5. The first kappa shape index (κ1) is 24.9. The number of hydrogen-bond acceptors (Lipinski definition) is 5. The molecule has 0 spiro atoms. The van der Waals surface area contributed by atoms with E-state index in [-0.39, 0.29) is 42.3 Å². The predicted molar refractivity (Wildman–Crippen MR) is 120 cm³/mol. The topological polar surface area (TPSA) is 80.7 Å². The molecule has 28 heavy (non-hydrogen) atoms. The van der Waals surface area contributed by atoms with Crippen LogP contribution in [0.25, 0.3) is 0 Å². The maximum atomic E-state index is 12.3. The van der Waals surface area contributed by atoms with Gasteiger partial charge in [0, 0.05) is 67.0 Å². The lowest BCUT2D eigenvalue weighted by Crippen LogP contribution is -2.54. The summed E-state index contributed by atoms with van der Waals surface area (Å²) < 4.78 is 5.09. The van der Waals surface area contributed by atoms with Crippen molar-refractivity contribution < 1.29 is 14.3 Å². The van der Waals surface area contributed by atoms with Gasteiger partial charge in [-0.1, -0.05) is 0 Å². The summed E-state index contributed by atoms with van der Waals surface area (Å²) in [7, 11) is 5.11. The number of likely N-dealkylation sites (tertiary alicyclic amines) is 1. The molecule has 0 radical (unpaired) electrons. The normalized spacial score (nSPS) is 18.0. The summed E-state index contributed by atoms with van der Waals surface area (Å²) >= 11 is 0. The molecule has 0 saturated carbocycles. The number of hydrogen-bond donors (Lipinski definition) is 1. The number of carbonyl (C=O) groups is 2. The van der Waals surface area contributed by atoms with Gasteiger partial charge in [-0.25, -0.2) is 4.99 Å². The van der Waals surface area contributed by atoms with Crippen LogP contribution in [0.2, 0.25) is 0 Å². The second-order valence-electron chi connectivity index (χ2n) is 7.20. The molecule has 0 aromatic carbocycles. The van der Waals surface area contributed by atoms with E-state index < -0.39 is 0 Å². The Morgan fingerprint density at radius 1 is 1.04 bits per heavy atom. The maximum Gasteiger partial charge on any atom is 0.243 e. The van der Waals surface area contributed by atoms with E-state index in [1.807, 2.05) is 4.90 Å². The van der Waals surface area contributed by atoms with Crippen molar-refractivity contribution in [1.29, 1.82) is 0 Å². The van der Waals surface area contributed by atoms with E-state index >= 15 is 0 Å². The van der Waals surface area contributed by atoms with Gasteiger partial charge in [-0.3, -0.25) is 14.5 Å². The number of halogens is 1. The molecule has 2 saturated heterocycles. The molecule has 2 fully saturated rings. The zero-order chi connectivity index (χ0) is 19.6. The van der Waals surface area contributed by atoms with Crippen LogP contribution < -0.4 is 5.32 Å². The monoisotopic (exact) mass is 510 g/mol. The van der Waals surface area contributed by atoms with Crippen molar-refractivity contribution in [2.45, 2.75) is 12.8 Å². The van der Waals surface area contributed by atoms with Gasteiger partial charge in [0.25, 0.3) is 0 Å². The van der Waals surface area contributed by atoms with E-state index in [1.54, 1.807) is 21.2 Å². The van der Waals surface area contributed by atoms with Crippen molar-refractivity contribution in [3.8, 4) is 0 Å². The van der Waals surface area contributed by atoms with Crippen molar-refractivity contribution >= 4 is 41.8 Å². The zero-order valence-corrected chi connectivity index (χ0v) is 19.7. The molecule has 10 heteroatoms. The number of nitrogens with one attached hydrogen (secondary N) is 1. The summed E-state index contributed by atoms with van der Waals surface area (Å²) in [6, 6.07) is 0. The smallest absolute Gasteiger partial charge is 0.243 e. The first-order chi connectivity index (χ1) is 13.0. The van der Waals surface area contributed by atoms with E-state index in [0.29, 0.717) is 19.7 Å². The van der Waals surface area contributed by atoms with Crippen LogP contribution in [0.15, 0.2) is 4.99 Å². The lowest BCUT2D eigenvalue weighted by molar-refractivity contribution is -0.131. The van der Waals surface area contributed by atoms with Crippen LogP contribution >= 0.6 is 24.0 Å². The molecule has 2 aliphatic heterocycles. The highest BCUT2D eigenvalue weighted by molar-refractivity contribution is 14.0. The number of guanidine groups is 1. The quantitative estimate of drug-likeness (QED) is 0.216. The second kappa shape index (κ2) is 13.2. The fourth-order valence-electron chi connectivity index (χ4n) is 3.19. The molecule has 0 aliphatic carbocycles. The fraction of sp³-hybridized carbons (Fsp3) is 0.833. The third kappa shape index (κ3) is 8.08. The third-order valence-electron chi connectivity index (χ3n) is 4.94. The Kier molecular flexibility index (Phi) is 11.7. The molecule has 2 heterocycles. The molecule has 2 aliphatic rings. The minimum atomic E-state index is -0.0316. The molecular weight excluding hydrogens is 475 g/mol. The Morgan fingerprint density at radius 2 is 1.68 bits per heavy atom. The lowest BCUT2D eigenvalue weighted by atomic mass is 10.3. The van der Waals surface area contributed by atoms with E-state index in [2.05, 4.69) is 20.1 Å². The molecule has 162 valence electrons. The average molecular weight is 510 g/mol. The predicted octanol–water partition coefficient (Wildman–Crippen LogP) is -0.475. The van der Waals surface area contributed by atoms with Crippen molar-refractivity contribution in [2.75, 3.05) is 86.7 Å². The van der Waals surface area contributed by atoms with Crippen LogP contribution in [0, 0.1) is 0 Å². The second-order valence-corrected chi connectivity index (χ2v) is 7.20. The van der Waals surface area contributed by atoms with Crippen molar-refractivity contribution in [3.63, 3.8) is 0 Å². The van der Waals surface area contributed by atoms with Crippen molar-refractivity contribution in [1.82, 2.24) is 24.9 Å². The van der Waals surface area contributed by atoms with E-state index in [4.69, 9.17) is 4.74 Å². The van der Waals surface area contributed by atoms with Crippen LogP contribution in [0.3, 0.4) is 0 Å². The van der Waals surface area contributed by atoms with Crippen LogP contribution in [0.4, 0.5) is 0 Å². The number of methoxy groups -OCH3 is 1. The Hall–Kier alpha value is -1.14. The Morgan fingerprint density at radius 3 is 2.25 bits per heavy atom. The highest BCUT2D eigenvalue weighted by atomic mass is 127. The number of ether oxygens (including phenoxy) is 1. The Balaban J connectivity index is 0.00000392. The van der Waals surface area contributed by atoms with Crippen LogP contribution in [0.1, 0.15) is 12.8 Å². The van der Waals surface area contributed by atoms with Gasteiger partial charge < -0.3 is 24.8 Å². The number of piperazine rings is 1. The minimum Gasteiger partial charge on any atom is -0.383 e. The average Bonchev–Trinajstić information content (AvgIpc) is 3.20. The van der Waals surface area contributed by atoms with Gasteiger partial charge in [0.1, 0.15) is 6.54 Å². The SMILES string of the molecule is COCCNC(=NCC(=O)N(C)C)N1CCN(CC(=O)N2CCCC2)CC1.I. The number of carbonyl (C=O) groups excluding carboxylic acids is 2. The number of amides is 2. The van der Waals surface area contributed by atoms with Crippen LogP contribution in [0.5, 0.6) is 0 Å². The fourth-order valence-corrected chi connectivity index (χ4v) is 3.19. The van der Waals surface area contributed by atoms with Gasteiger partial charge in [-0.15, -0.1) is 24.0 Å². The summed E-state index contributed by atoms with van der Waals surface area (Å²) in [5.74, 6) is 0.938. The molecule has 0 aromatic rings. The number of aliphatic imine (C=N–C) groups is 1. The van der Waals surface area contributed by atoms with E-state index in [1.165, 1.54) is 4.90 Å². The first-order valence-electron chi connectivity index (χ1n) is 9.73. The molecular formula is C18H35IN6O3. The molecule has 2 rings (SSSR count). The summed E-state index contributed by atoms with van der Waals surface area (Å²) in [5, 5.41) is 3.27. The zero-order valence-electron chi connectivity index (χ0n) is 17.4. The van der Waals surface area contributed by atoms with E-state index in [0.717, 1.165) is 58.1 Å². The van der Waals surface area contributed by atoms with Crippen molar-refractivity contribution in [2.24, 2.45) is 4.99 Å². The molecule has 1 N–H and O–H groups in total. The molecule has 9 nitrogen and oxygen atoms in total. The van der Waals surface area contributed by atoms with Crippen molar-refractivity contribution in [3.05, 3.63) is 0 Å². The van der Waals surface area contributed by atoms with Gasteiger partial charge in [0.2, 0.25) is 11.8 Å². The molecule has 0 unspecified atom stereocenters. The molecule has 0 atom stereocenters. The summed E-state index contributed by atoms with van der Waals surface area (Å²) in [6.07, 6.45) is 2.25. The number of nitrogens with zero attached hydrogens (tertiary/aromatic N) is 5. The largest absolute Gasteiger partial charge is 0.383 e. The van der Waals surface area contributed by atoms with Crippen LogP contribution in [-0.2, 0) is 14.3 Å². The third-order valence-corrected chi connectivity index (χ3v) is 4.94. The van der Waals surface area contributed by atoms with Gasteiger partial charge >= 0.3 is 0 Å². The maximum absolute atomic E-state index is 12.3. The Bertz CT molecular complexity index is 517. The van der Waals surface area contributed by atoms with Gasteiger partial charge in [0.05, 0.1) is 13.2 Å². The number of rotatable bonds is 7. The lowest BCUT2D eigenvalue weighted by Gasteiger charge is -2.36. The highest BCUT2D eigenvalue weighted by Crippen LogP contribution is 2.09. The van der Waals surface area contributed by atoms with Gasteiger partial charge in [0.15, 0.2) is 5.96 Å². The Labute approximate surface area is 185 Å². The molecule has 0 aromatic heterocycles. The number of likely N-dealkylation sites (N-methyl/N-ethyl adjacent to an activating group) is 1. The van der Waals surface area contributed by atoms with Gasteiger partial charge in [-0.2, -0.15) is 0 Å². The molecule has 0 bridgehead atoms. The first-order valence-corrected chi connectivity index (χ1v) is 9.73. The summed E-state index contributed by atoms with van der Waals surface area (Å²) in [6.45, 7) is 6.82.